The van der Waals surface area contributed by atoms with Gasteiger partial charge in [0.05, 0.1) is 10.9 Å². The van der Waals surface area contributed by atoms with Crippen LogP contribution >= 0.6 is 12.0 Å². The Hall–Kier alpha value is -2.49. The van der Waals surface area contributed by atoms with Crippen molar-refractivity contribution in [2.75, 3.05) is 0 Å². The van der Waals surface area contributed by atoms with Gasteiger partial charge in [0.15, 0.2) is 20.3 Å². The standard InChI is InChI=1S/C43H57O3S.C4H10O3S/c1-27-28(2)38(47(34-18-14-12-15-19-34)35-20-16-13-17-21-35)29(3)36(40(4,5)6)37(27)45-42(10,11)39(44)46-43(41(7,8)9)32-23-30-22-31(25-32)26-33(43)24-30;1-4(2,3)8-7-6-5/h12-21,30-33H,22-26H2,1-11H3;5H,1-3H3/q+1;/p-1. The fourth-order valence-corrected chi connectivity index (χ4v) is 12.7. The van der Waals surface area contributed by atoms with Crippen LogP contribution in [0.3, 0.4) is 0 Å². The van der Waals surface area contributed by atoms with Crippen LogP contribution < -0.4 is 9.99 Å². The highest BCUT2D eigenvalue weighted by molar-refractivity contribution is 7.97. The highest BCUT2D eigenvalue weighted by atomic mass is 32.2. The molecule has 4 saturated carbocycles. The minimum Gasteiger partial charge on any atom is -0.691 e. The molecule has 0 N–H and O–H groups in total. The van der Waals surface area contributed by atoms with E-state index in [2.05, 4.69) is 132 Å². The zero-order valence-electron chi connectivity index (χ0n) is 35.9. The van der Waals surface area contributed by atoms with E-state index in [-0.39, 0.29) is 32.4 Å². The van der Waals surface area contributed by atoms with E-state index in [0.29, 0.717) is 11.8 Å². The second-order valence-corrected chi connectivity index (χ2v) is 23.3. The summed E-state index contributed by atoms with van der Waals surface area (Å²) >= 11 is 0.999. The van der Waals surface area contributed by atoms with Gasteiger partial charge in [0.1, 0.15) is 11.4 Å². The molecule has 0 amide bonds. The molecule has 0 saturated heterocycles. The summed E-state index contributed by atoms with van der Waals surface area (Å²) in [5.74, 6) is 3.07. The number of rotatable bonds is 9. The van der Waals surface area contributed by atoms with E-state index in [1.54, 1.807) is 0 Å². The fraction of sp³-hybridized carbons (Fsp3) is 0.596. The molecular weight excluding hydrogens is 725 g/mol. The molecule has 0 radical (unpaired) electrons. The quantitative estimate of drug-likeness (QED) is 0.0702. The average molecular weight is 791 g/mol. The van der Waals surface area contributed by atoms with Crippen molar-refractivity contribution in [2.45, 2.75) is 165 Å². The van der Waals surface area contributed by atoms with Gasteiger partial charge in [0.2, 0.25) is 0 Å². The first-order valence-electron chi connectivity index (χ1n) is 20.1. The van der Waals surface area contributed by atoms with Gasteiger partial charge in [-0.1, -0.05) is 77.9 Å². The van der Waals surface area contributed by atoms with Crippen LogP contribution in [0.5, 0.6) is 5.75 Å². The third-order valence-electron chi connectivity index (χ3n) is 12.0. The molecular formula is C47H66O6S2. The maximum absolute atomic E-state index is 14.6. The van der Waals surface area contributed by atoms with E-state index >= 15 is 0 Å². The smallest absolute Gasteiger partial charge is 0.350 e. The minimum absolute atomic E-state index is 0.0790. The molecule has 3 aromatic carbocycles. The van der Waals surface area contributed by atoms with E-state index < -0.39 is 11.2 Å². The van der Waals surface area contributed by atoms with Crippen molar-refractivity contribution < 1.29 is 28.9 Å². The number of hydrogen-bond donors (Lipinski definition) is 0. The van der Waals surface area contributed by atoms with Crippen molar-refractivity contribution in [1.29, 1.82) is 0 Å². The number of hydrogen-bond acceptors (Lipinski definition) is 7. The zero-order chi connectivity index (χ0) is 40.7. The molecule has 4 aliphatic rings. The Kier molecular flexibility index (Phi) is 13.0. The van der Waals surface area contributed by atoms with Crippen LogP contribution in [0.4, 0.5) is 0 Å². The summed E-state index contributed by atoms with van der Waals surface area (Å²) in [6.45, 7) is 29.9. The lowest BCUT2D eigenvalue weighted by molar-refractivity contribution is -0.777. The Morgan fingerprint density at radius 2 is 1.18 bits per heavy atom. The maximum atomic E-state index is 14.6. The number of ether oxygens (including phenoxy) is 2. The Labute approximate surface area is 339 Å². The number of carbonyl (C=O) groups is 1. The Morgan fingerprint density at radius 1 is 0.709 bits per heavy atom. The summed E-state index contributed by atoms with van der Waals surface area (Å²) < 4.78 is 18.0. The number of benzene rings is 3. The third-order valence-corrected chi connectivity index (χ3v) is 15.2. The molecule has 8 heteroatoms. The zero-order valence-corrected chi connectivity index (χ0v) is 37.5. The Balaban J connectivity index is 0.000000654. The molecule has 6 nitrogen and oxygen atoms in total. The van der Waals surface area contributed by atoms with Crippen molar-refractivity contribution >= 4 is 28.9 Å². The largest absolute Gasteiger partial charge is 0.691 e. The summed E-state index contributed by atoms with van der Waals surface area (Å²) in [6.07, 6.45) is 6.14. The van der Waals surface area contributed by atoms with Gasteiger partial charge in [-0.2, -0.15) is 4.33 Å². The van der Waals surface area contributed by atoms with E-state index in [1.807, 2.05) is 34.6 Å². The third kappa shape index (κ3) is 9.14. The molecule has 0 atom stereocenters. The SMILES string of the molecule is CC(C)(C)SOO[O-].Cc1c(C)c([S+](c2ccccc2)c2ccccc2)c(C)c(C(C)(C)C)c1OC(C)(C)C(=O)OC1(C(C)(C)C)C2CC3CC(C2)CC1C3. The van der Waals surface area contributed by atoms with Crippen LogP contribution in [0.15, 0.2) is 75.4 Å². The molecule has 4 fully saturated rings. The Bertz CT molecular complexity index is 1710. The molecule has 0 unspecified atom stereocenters. The second-order valence-electron chi connectivity index (χ2n) is 19.8. The molecule has 0 aliphatic heterocycles. The average Bonchev–Trinajstić information content (AvgIpc) is 3.08. The van der Waals surface area contributed by atoms with E-state index in [0.717, 1.165) is 35.2 Å². The fourth-order valence-electron chi connectivity index (χ4n) is 10.0. The van der Waals surface area contributed by atoms with Gasteiger partial charge in [-0.25, -0.2) is 4.79 Å². The normalized spacial score (nSPS) is 23.7. The summed E-state index contributed by atoms with van der Waals surface area (Å²) in [7, 11) is -0.303. The van der Waals surface area contributed by atoms with Crippen molar-refractivity contribution in [3.8, 4) is 5.75 Å². The molecule has 7 rings (SSSR count). The van der Waals surface area contributed by atoms with Crippen molar-refractivity contribution in [3.05, 3.63) is 82.9 Å². The topological polar surface area (TPSA) is 77.0 Å². The summed E-state index contributed by atoms with van der Waals surface area (Å²) in [5, 5.41) is 12.4. The van der Waals surface area contributed by atoms with Gasteiger partial charge in [-0.15, -0.1) is 0 Å². The van der Waals surface area contributed by atoms with Gasteiger partial charge in [-0.3, -0.25) is 5.04 Å². The first kappa shape index (κ1) is 43.6. The molecule has 0 aromatic heterocycles. The van der Waals surface area contributed by atoms with Crippen LogP contribution in [0.1, 0.15) is 131 Å². The van der Waals surface area contributed by atoms with E-state index in [1.165, 1.54) is 63.5 Å². The molecule has 4 aliphatic carbocycles. The van der Waals surface area contributed by atoms with Crippen LogP contribution in [-0.4, -0.2) is 21.9 Å². The van der Waals surface area contributed by atoms with Crippen molar-refractivity contribution in [3.63, 3.8) is 0 Å². The molecule has 3 aromatic rings. The van der Waals surface area contributed by atoms with Crippen molar-refractivity contribution in [1.82, 2.24) is 0 Å². The van der Waals surface area contributed by atoms with E-state index in [9.17, 15) is 10.1 Å². The van der Waals surface area contributed by atoms with Crippen LogP contribution in [0.25, 0.3) is 0 Å². The van der Waals surface area contributed by atoms with Gasteiger partial charge in [-0.05, 0) is 135 Å². The first-order chi connectivity index (χ1) is 25.5. The number of carbonyl (C=O) groups excluding carboxylic acids is 1. The number of esters is 1. The minimum atomic E-state index is -1.15. The molecule has 0 spiro atoms. The second kappa shape index (κ2) is 16.4. The van der Waals surface area contributed by atoms with Gasteiger partial charge < -0.3 is 14.7 Å². The molecule has 302 valence electrons. The lowest BCUT2D eigenvalue weighted by Crippen LogP contribution is -2.66. The molecule has 55 heavy (non-hydrogen) atoms. The van der Waals surface area contributed by atoms with E-state index in [4.69, 9.17) is 9.47 Å². The summed E-state index contributed by atoms with van der Waals surface area (Å²) in [6, 6.07) is 21.7. The monoisotopic (exact) mass is 790 g/mol. The maximum Gasteiger partial charge on any atom is 0.350 e. The Morgan fingerprint density at radius 3 is 1.56 bits per heavy atom. The van der Waals surface area contributed by atoms with Crippen LogP contribution in [0, 0.1) is 49.9 Å². The lowest BCUT2D eigenvalue weighted by atomic mass is 9.45. The van der Waals surface area contributed by atoms with Gasteiger partial charge in [0.25, 0.3) is 0 Å². The van der Waals surface area contributed by atoms with Gasteiger partial charge >= 0.3 is 5.97 Å². The predicted molar refractivity (Wildman–Crippen MR) is 224 cm³/mol. The van der Waals surface area contributed by atoms with Crippen LogP contribution in [-0.2, 0) is 35.2 Å². The molecule has 4 bridgehead atoms. The summed E-state index contributed by atoms with van der Waals surface area (Å²) in [4.78, 5) is 18.5. The highest BCUT2D eigenvalue weighted by Crippen LogP contribution is 2.64. The summed E-state index contributed by atoms with van der Waals surface area (Å²) in [5.41, 5.74) is 2.76. The van der Waals surface area contributed by atoms with Crippen LogP contribution in [0.2, 0.25) is 0 Å². The highest BCUT2D eigenvalue weighted by Gasteiger charge is 2.65. The van der Waals surface area contributed by atoms with Gasteiger partial charge in [0, 0.05) is 50.7 Å². The molecule has 0 heterocycles. The lowest BCUT2D eigenvalue weighted by Gasteiger charge is -2.64. The first-order valence-corrected chi connectivity index (χ1v) is 22.0. The predicted octanol–water partition coefficient (Wildman–Crippen LogP) is 11.6. The van der Waals surface area contributed by atoms with Crippen molar-refractivity contribution in [2.24, 2.45) is 29.1 Å².